The lowest BCUT2D eigenvalue weighted by molar-refractivity contribution is 0.597. The van der Waals surface area contributed by atoms with Gasteiger partial charge in [0.1, 0.15) is 11.2 Å². The lowest BCUT2D eigenvalue weighted by atomic mass is 10.1. The Morgan fingerprint density at radius 3 is 2.50 bits per heavy atom. The number of hydrogen-bond donors (Lipinski definition) is 0. The fourth-order valence-electron chi connectivity index (χ4n) is 2.17. The van der Waals surface area contributed by atoms with Crippen LogP contribution in [0, 0.1) is 6.92 Å². The topological polar surface area (TPSA) is 49.7 Å². The van der Waals surface area contributed by atoms with E-state index in [1.54, 1.807) is 18.2 Å². The van der Waals surface area contributed by atoms with Gasteiger partial charge in [-0.1, -0.05) is 42.0 Å². The zero-order valence-electron chi connectivity index (χ0n) is 11.0. The summed E-state index contributed by atoms with van der Waals surface area (Å²) in [7, 11) is -3.55. The van der Waals surface area contributed by atoms with E-state index < -0.39 is 10.0 Å². The van der Waals surface area contributed by atoms with Gasteiger partial charge in [0, 0.05) is 6.54 Å². The summed E-state index contributed by atoms with van der Waals surface area (Å²) in [6.45, 7) is 2.63. The molecular weight excluding hydrogens is 272 g/mol. The molecule has 0 unspecified atom stereocenters. The number of rotatable bonds is 2. The minimum absolute atomic E-state index is 0.259. The van der Waals surface area contributed by atoms with Crippen molar-refractivity contribution in [2.45, 2.75) is 18.4 Å². The molecular formula is C15H14N2O2S. The fourth-order valence-corrected chi connectivity index (χ4v) is 3.22. The molecule has 0 spiro atoms. The van der Waals surface area contributed by atoms with E-state index in [1.165, 1.54) is 11.9 Å². The van der Waals surface area contributed by atoms with Crippen molar-refractivity contribution in [1.82, 2.24) is 0 Å². The third-order valence-electron chi connectivity index (χ3n) is 3.25. The second-order valence-corrected chi connectivity index (χ2v) is 6.38. The van der Waals surface area contributed by atoms with Gasteiger partial charge in [-0.2, -0.15) is 8.42 Å². The van der Waals surface area contributed by atoms with Gasteiger partial charge in [0.05, 0.1) is 5.69 Å². The van der Waals surface area contributed by atoms with Gasteiger partial charge in [-0.25, -0.2) is 0 Å². The summed E-state index contributed by atoms with van der Waals surface area (Å²) in [6.07, 6.45) is 1.39. The summed E-state index contributed by atoms with van der Waals surface area (Å²) in [5.41, 5.74) is 2.98. The van der Waals surface area contributed by atoms with Crippen molar-refractivity contribution < 1.29 is 8.42 Å². The second-order valence-electron chi connectivity index (χ2n) is 4.78. The van der Waals surface area contributed by atoms with Crippen LogP contribution < -0.4 is 4.90 Å². The molecule has 2 aromatic rings. The maximum atomic E-state index is 11.9. The highest BCUT2D eigenvalue weighted by Gasteiger charge is 2.24. The Hall–Kier alpha value is -2.14. The van der Waals surface area contributed by atoms with E-state index in [0.29, 0.717) is 12.2 Å². The van der Waals surface area contributed by atoms with E-state index in [0.717, 1.165) is 5.56 Å². The molecule has 1 aliphatic rings. The SMILES string of the molecule is Cc1ccc(CN2C=NS(=O)(=O)c3ccccc32)cc1. The molecule has 5 heteroatoms. The first-order valence-electron chi connectivity index (χ1n) is 6.28. The maximum Gasteiger partial charge on any atom is 0.285 e. The van der Waals surface area contributed by atoms with Crippen LogP contribution in [0.25, 0.3) is 0 Å². The van der Waals surface area contributed by atoms with Crippen molar-refractivity contribution in [2.24, 2.45) is 4.40 Å². The molecule has 0 bridgehead atoms. The standard InChI is InChI=1S/C15H14N2O2S/c1-12-6-8-13(9-7-12)10-17-11-16-20(18,19)15-5-3-2-4-14(15)17/h2-9,11H,10H2,1H3. The molecule has 0 fully saturated rings. The van der Waals surface area contributed by atoms with Crippen LogP contribution in [0.1, 0.15) is 11.1 Å². The Morgan fingerprint density at radius 2 is 1.75 bits per heavy atom. The summed E-state index contributed by atoms with van der Waals surface area (Å²) in [5, 5.41) is 0. The Balaban J connectivity index is 1.98. The number of fused-ring (bicyclic) bond motifs is 1. The van der Waals surface area contributed by atoms with Gasteiger partial charge in [-0.05, 0) is 24.6 Å². The van der Waals surface area contributed by atoms with Crippen molar-refractivity contribution in [1.29, 1.82) is 0 Å². The number of nitrogens with zero attached hydrogens (tertiary/aromatic N) is 2. The Kier molecular flexibility index (Phi) is 3.06. The van der Waals surface area contributed by atoms with Crippen LogP contribution in [0.2, 0.25) is 0 Å². The average molecular weight is 286 g/mol. The molecule has 102 valence electrons. The van der Waals surface area contributed by atoms with Crippen molar-refractivity contribution in [3.63, 3.8) is 0 Å². The Bertz CT molecular complexity index is 765. The van der Waals surface area contributed by atoms with Gasteiger partial charge >= 0.3 is 0 Å². The maximum absolute atomic E-state index is 11.9. The van der Waals surface area contributed by atoms with Gasteiger partial charge in [-0.15, -0.1) is 4.40 Å². The number of sulfonamides is 1. The van der Waals surface area contributed by atoms with E-state index in [-0.39, 0.29) is 4.90 Å². The van der Waals surface area contributed by atoms with Gasteiger partial charge < -0.3 is 4.90 Å². The van der Waals surface area contributed by atoms with E-state index in [1.807, 2.05) is 42.2 Å². The van der Waals surface area contributed by atoms with Crippen molar-refractivity contribution in [3.8, 4) is 0 Å². The minimum Gasteiger partial charge on any atom is -0.326 e. The van der Waals surface area contributed by atoms with Gasteiger partial charge in [0.15, 0.2) is 0 Å². The van der Waals surface area contributed by atoms with Crippen LogP contribution in [0.3, 0.4) is 0 Å². The fraction of sp³-hybridized carbons (Fsp3) is 0.133. The predicted molar refractivity (Wildman–Crippen MR) is 79.5 cm³/mol. The lowest BCUT2D eigenvalue weighted by Crippen LogP contribution is -2.26. The molecule has 0 atom stereocenters. The average Bonchev–Trinajstić information content (AvgIpc) is 2.45. The molecule has 1 aliphatic heterocycles. The van der Waals surface area contributed by atoms with E-state index in [2.05, 4.69) is 4.40 Å². The molecule has 0 amide bonds. The normalized spacial score (nSPS) is 15.9. The molecule has 0 N–H and O–H groups in total. The highest BCUT2D eigenvalue weighted by Crippen LogP contribution is 2.30. The predicted octanol–water partition coefficient (Wildman–Crippen LogP) is 2.73. The monoisotopic (exact) mass is 286 g/mol. The number of hydrogen-bond acceptors (Lipinski definition) is 3. The highest BCUT2D eigenvalue weighted by molar-refractivity contribution is 7.90. The molecule has 0 saturated carbocycles. The minimum atomic E-state index is -3.55. The van der Waals surface area contributed by atoms with Crippen LogP contribution in [-0.4, -0.2) is 14.8 Å². The molecule has 4 nitrogen and oxygen atoms in total. The summed E-state index contributed by atoms with van der Waals surface area (Å²) >= 11 is 0. The summed E-state index contributed by atoms with van der Waals surface area (Å²) in [5.74, 6) is 0. The second kappa shape index (κ2) is 4.76. The summed E-state index contributed by atoms with van der Waals surface area (Å²) in [4.78, 5) is 2.11. The number of aryl methyl sites for hydroxylation is 1. The molecule has 0 aliphatic carbocycles. The quantitative estimate of drug-likeness (QED) is 0.853. The molecule has 20 heavy (non-hydrogen) atoms. The first kappa shape index (κ1) is 12.9. The summed E-state index contributed by atoms with van der Waals surface area (Å²) in [6, 6.07) is 15.1. The van der Waals surface area contributed by atoms with Crippen LogP contribution in [-0.2, 0) is 16.6 Å². The Labute approximate surface area is 118 Å². The van der Waals surface area contributed by atoms with E-state index in [4.69, 9.17) is 0 Å². The zero-order chi connectivity index (χ0) is 14.2. The molecule has 0 aromatic heterocycles. The summed E-state index contributed by atoms with van der Waals surface area (Å²) < 4.78 is 27.5. The van der Waals surface area contributed by atoms with Crippen LogP contribution in [0.5, 0.6) is 0 Å². The van der Waals surface area contributed by atoms with E-state index >= 15 is 0 Å². The van der Waals surface area contributed by atoms with Gasteiger partial charge in [0.25, 0.3) is 10.0 Å². The van der Waals surface area contributed by atoms with Crippen molar-refractivity contribution in [3.05, 3.63) is 59.7 Å². The largest absolute Gasteiger partial charge is 0.326 e. The highest BCUT2D eigenvalue weighted by atomic mass is 32.2. The number of benzene rings is 2. The van der Waals surface area contributed by atoms with Gasteiger partial charge in [0.2, 0.25) is 0 Å². The van der Waals surface area contributed by atoms with Gasteiger partial charge in [-0.3, -0.25) is 0 Å². The molecule has 3 rings (SSSR count). The third kappa shape index (κ3) is 2.32. The number of anilines is 1. The smallest absolute Gasteiger partial charge is 0.285 e. The molecule has 1 heterocycles. The van der Waals surface area contributed by atoms with Crippen LogP contribution in [0.15, 0.2) is 57.8 Å². The zero-order valence-corrected chi connectivity index (χ0v) is 11.8. The molecule has 2 aromatic carbocycles. The van der Waals surface area contributed by atoms with Crippen LogP contribution in [0.4, 0.5) is 5.69 Å². The van der Waals surface area contributed by atoms with Crippen molar-refractivity contribution in [2.75, 3.05) is 4.90 Å². The number of para-hydroxylation sites is 1. The first-order chi connectivity index (χ1) is 9.56. The Morgan fingerprint density at radius 1 is 1.05 bits per heavy atom. The molecule has 0 radical (unpaired) electrons. The molecule has 0 saturated heterocycles. The first-order valence-corrected chi connectivity index (χ1v) is 7.72. The van der Waals surface area contributed by atoms with Crippen LogP contribution >= 0.6 is 0 Å². The lowest BCUT2D eigenvalue weighted by Gasteiger charge is -2.25. The third-order valence-corrected chi connectivity index (χ3v) is 4.52. The van der Waals surface area contributed by atoms with Crippen molar-refractivity contribution >= 4 is 22.0 Å². The van der Waals surface area contributed by atoms with E-state index in [9.17, 15) is 8.42 Å².